The Kier molecular flexibility index (Phi) is 7.43. The number of hydrogen-bond acceptors (Lipinski definition) is 6. The third-order valence-electron chi connectivity index (χ3n) is 4.34. The van der Waals surface area contributed by atoms with Gasteiger partial charge in [0.25, 0.3) is 5.91 Å². The van der Waals surface area contributed by atoms with Crippen molar-refractivity contribution in [1.82, 2.24) is 4.90 Å². The number of rotatable bonds is 8. The Balaban J connectivity index is 1.53. The Morgan fingerprint density at radius 3 is 2.52 bits per heavy atom. The normalized spacial score (nSPS) is 14.1. The second-order valence-corrected chi connectivity index (χ2v) is 6.50. The van der Waals surface area contributed by atoms with E-state index in [-0.39, 0.29) is 18.4 Å². The van der Waals surface area contributed by atoms with E-state index in [1.165, 1.54) is 7.11 Å². The first-order valence-electron chi connectivity index (χ1n) is 9.40. The number of amides is 2. The fraction of sp³-hybridized carbons (Fsp3) is 0.333. The molecule has 0 spiro atoms. The number of ether oxygens (including phenoxy) is 3. The van der Waals surface area contributed by atoms with Crippen LogP contribution in [0.2, 0.25) is 0 Å². The van der Waals surface area contributed by atoms with Crippen LogP contribution in [0.4, 0.5) is 11.4 Å². The molecule has 2 N–H and O–H groups in total. The summed E-state index contributed by atoms with van der Waals surface area (Å²) in [4.78, 5) is 26.4. The molecule has 8 nitrogen and oxygen atoms in total. The zero-order valence-corrected chi connectivity index (χ0v) is 16.3. The van der Waals surface area contributed by atoms with Crippen LogP contribution >= 0.6 is 0 Å². The summed E-state index contributed by atoms with van der Waals surface area (Å²) in [6.45, 7) is 2.94. The van der Waals surface area contributed by atoms with E-state index >= 15 is 0 Å². The predicted octanol–water partition coefficient (Wildman–Crippen LogP) is 1.98. The molecule has 0 radical (unpaired) electrons. The second-order valence-electron chi connectivity index (χ2n) is 6.50. The molecule has 1 aliphatic rings. The highest BCUT2D eigenvalue weighted by molar-refractivity contribution is 5.95. The maximum atomic E-state index is 12.3. The lowest BCUT2D eigenvalue weighted by molar-refractivity contribution is -0.119. The molecule has 0 bridgehead atoms. The molecule has 2 aromatic rings. The van der Waals surface area contributed by atoms with Gasteiger partial charge >= 0.3 is 0 Å². The minimum absolute atomic E-state index is 0.107. The zero-order valence-electron chi connectivity index (χ0n) is 16.3. The van der Waals surface area contributed by atoms with Gasteiger partial charge in [0.05, 0.1) is 32.6 Å². The summed E-state index contributed by atoms with van der Waals surface area (Å²) >= 11 is 0. The molecule has 0 aromatic heterocycles. The molecule has 29 heavy (non-hydrogen) atoms. The maximum absolute atomic E-state index is 12.3. The van der Waals surface area contributed by atoms with Crippen LogP contribution in [0.25, 0.3) is 0 Å². The first kappa shape index (κ1) is 20.6. The molecule has 0 saturated carbocycles. The Hall–Kier alpha value is -3.10. The fourth-order valence-electron chi connectivity index (χ4n) is 2.89. The third kappa shape index (κ3) is 6.48. The summed E-state index contributed by atoms with van der Waals surface area (Å²) < 4.78 is 16.1. The first-order valence-corrected chi connectivity index (χ1v) is 9.40. The number of hydrogen-bond donors (Lipinski definition) is 2. The number of carbonyl (C=O) groups is 2. The van der Waals surface area contributed by atoms with Gasteiger partial charge in [-0.05, 0) is 24.3 Å². The largest absolute Gasteiger partial charge is 0.494 e. The zero-order chi connectivity index (χ0) is 20.5. The number of methoxy groups -OCH3 is 1. The van der Waals surface area contributed by atoms with Crippen LogP contribution in [0, 0.1) is 0 Å². The Morgan fingerprint density at radius 1 is 1.03 bits per heavy atom. The SMILES string of the molecule is COc1cc(NC(=O)COc2ccccc2)ccc1NC(=O)CN1CCOCC1. The molecular formula is C21H25N3O5. The average Bonchev–Trinajstić information content (AvgIpc) is 2.74. The van der Waals surface area contributed by atoms with Crippen molar-refractivity contribution >= 4 is 23.2 Å². The van der Waals surface area contributed by atoms with Crippen molar-refractivity contribution in [2.75, 3.05) is 57.2 Å². The molecule has 154 valence electrons. The van der Waals surface area contributed by atoms with Crippen molar-refractivity contribution < 1.29 is 23.8 Å². The van der Waals surface area contributed by atoms with E-state index in [9.17, 15) is 9.59 Å². The first-order chi connectivity index (χ1) is 14.1. The van der Waals surface area contributed by atoms with E-state index in [2.05, 4.69) is 10.6 Å². The molecular weight excluding hydrogens is 374 g/mol. The summed E-state index contributed by atoms with van der Waals surface area (Å²) in [6, 6.07) is 14.2. The van der Waals surface area contributed by atoms with E-state index in [4.69, 9.17) is 14.2 Å². The van der Waals surface area contributed by atoms with Crippen molar-refractivity contribution in [2.24, 2.45) is 0 Å². The Labute approximate surface area is 169 Å². The molecule has 0 atom stereocenters. The monoisotopic (exact) mass is 399 g/mol. The van der Waals surface area contributed by atoms with E-state index in [1.54, 1.807) is 30.3 Å². The Morgan fingerprint density at radius 2 is 1.79 bits per heavy atom. The fourth-order valence-corrected chi connectivity index (χ4v) is 2.89. The standard InChI is InChI=1S/C21H25N3O5/c1-27-19-13-16(22-21(26)15-29-17-5-3-2-4-6-17)7-8-18(19)23-20(25)14-24-9-11-28-12-10-24/h2-8,13H,9-12,14-15H2,1H3,(H,22,26)(H,23,25). The lowest BCUT2D eigenvalue weighted by atomic mass is 10.2. The van der Waals surface area contributed by atoms with Gasteiger partial charge in [-0.3, -0.25) is 14.5 Å². The molecule has 0 aliphatic carbocycles. The van der Waals surface area contributed by atoms with Crippen molar-refractivity contribution in [3.05, 3.63) is 48.5 Å². The van der Waals surface area contributed by atoms with Gasteiger partial charge in [0, 0.05) is 24.8 Å². The minimum atomic E-state index is -0.292. The number of nitrogens with zero attached hydrogens (tertiary/aromatic N) is 1. The van der Waals surface area contributed by atoms with Crippen LogP contribution in [0.3, 0.4) is 0 Å². The third-order valence-corrected chi connectivity index (χ3v) is 4.34. The lowest BCUT2D eigenvalue weighted by Crippen LogP contribution is -2.41. The number of benzene rings is 2. The van der Waals surface area contributed by atoms with E-state index in [1.807, 2.05) is 23.1 Å². The van der Waals surface area contributed by atoms with Crippen LogP contribution in [-0.4, -0.2) is 63.3 Å². The molecule has 1 fully saturated rings. The summed E-state index contributed by atoms with van der Waals surface area (Å²) in [6.07, 6.45) is 0. The molecule has 1 saturated heterocycles. The average molecular weight is 399 g/mol. The van der Waals surface area contributed by atoms with E-state index in [0.29, 0.717) is 42.6 Å². The molecule has 0 unspecified atom stereocenters. The number of para-hydroxylation sites is 1. The van der Waals surface area contributed by atoms with Crippen LogP contribution in [0.1, 0.15) is 0 Å². The summed E-state index contributed by atoms with van der Waals surface area (Å²) in [5.41, 5.74) is 1.10. The highest BCUT2D eigenvalue weighted by Crippen LogP contribution is 2.28. The van der Waals surface area contributed by atoms with Gasteiger partial charge in [0.15, 0.2) is 6.61 Å². The number of anilines is 2. The summed E-state index contributed by atoms with van der Waals surface area (Å²) in [5.74, 6) is 0.666. The van der Waals surface area contributed by atoms with Crippen LogP contribution in [0.15, 0.2) is 48.5 Å². The van der Waals surface area contributed by atoms with Gasteiger partial charge in [-0.1, -0.05) is 18.2 Å². The minimum Gasteiger partial charge on any atom is -0.494 e. The van der Waals surface area contributed by atoms with Gasteiger partial charge in [0.2, 0.25) is 5.91 Å². The van der Waals surface area contributed by atoms with Crippen molar-refractivity contribution in [3.8, 4) is 11.5 Å². The van der Waals surface area contributed by atoms with Crippen molar-refractivity contribution in [3.63, 3.8) is 0 Å². The highest BCUT2D eigenvalue weighted by Gasteiger charge is 2.16. The van der Waals surface area contributed by atoms with Gasteiger partial charge in [-0.25, -0.2) is 0 Å². The summed E-state index contributed by atoms with van der Waals surface area (Å²) in [7, 11) is 1.51. The quantitative estimate of drug-likeness (QED) is 0.706. The Bertz CT molecular complexity index is 822. The van der Waals surface area contributed by atoms with E-state index < -0.39 is 0 Å². The highest BCUT2D eigenvalue weighted by atomic mass is 16.5. The maximum Gasteiger partial charge on any atom is 0.262 e. The molecule has 2 aromatic carbocycles. The van der Waals surface area contributed by atoms with Crippen LogP contribution < -0.4 is 20.1 Å². The smallest absolute Gasteiger partial charge is 0.262 e. The summed E-state index contributed by atoms with van der Waals surface area (Å²) in [5, 5.41) is 5.61. The van der Waals surface area contributed by atoms with Gasteiger partial charge in [-0.2, -0.15) is 0 Å². The number of morpholine rings is 1. The lowest BCUT2D eigenvalue weighted by Gasteiger charge is -2.25. The van der Waals surface area contributed by atoms with Crippen molar-refractivity contribution in [2.45, 2.75) is 0 Å². The van der Waals surface area contributed by atoms with Gasteiger partial charge in [0.1, 0.15) is 11.5 Å². The molecule has 2 amide bonds. The molecule has 8 heteroatoms. The molecule has 1 aliphatic heterocycles. The predicted molar refractivity (Wildman–Crippen MR) is 109 cm³/mol. The van der Waals surface area contributed by atoms with E-state index in [0.717, 1.165) is 13.1 Å². The number of carbonyl (C=O) groups excluding carboxylic acids is 2. The van der Waals surface area contributed by atoms with Gasteiger partial charge in [-0.15, -0.1) is 0 Å². The molecule has 3 rings (SSSR count). The second kappa shape index (κ2) is 10.4. The number of nitrogens with one attached hydrogen (secondary N) is 2. The topological polar surface area (TPSA) is 89.1 Å². The van der Waals surface area contributed by atoms with Crippen LogP contribution in [0.5, 0.6) is 11.5 Å². The molecule has 1 heterocycles. The van der Waals surface area contributed by atoms with Crippen LogP contribution in [-0.2, 0) is 14.3 Å². The van der Waals surface area contributed by atoms with Gasteiger partial charge < -0.3 is 24.8 Å². The van der Waals surface area contributed by atoms with Crippen molar-refractivity contribution in [1.29, 1.82) is 0 Å².